The topological polar surface area (TPSA) is 55.4 Å². The van der Waals surface area contributed by atoms with Crippen LogP contribution in [0.15, 0.2) is 36.9 Å². The van der Waals surface area contributed by atoms with Gasteiger partial charge in [0.25, 0.3) is 5.91 Å². The van der Waals surface area contributed by atoms with Gasteiger partial charge in [0.05, 0.1) is 5.92 Å². The number of benzene rings is 1. The van der Waals surface area contributed by atoms with E-state index < -0.39 is 18.0 Å². The quantitative estimate of drug-likeness (QED) is 0.619. The second kappa shape index (κ2) is 8.19. The van der Waals surface area contributed by atoms with Crippen LogP contribution in [0.1, 0.15) is 19.4 Å². The van der Waals surface area contributed by atoms with Crippen molar-refractivity contribution in [3.8, 4) is 0 Å². The van der Waals surface area contributed by atoms with Crippen molar-refractivity contribution in [1.29, 1.82) is 0 Å². The van der Waals surface area contributed by atoms with Crippen molar-refractivity contribution in [2.45, 2.75) is 26.4 Å². The van der Waals surface area contributed by atoms with Crippen LogP contribution in [0.2, 0.25) is 0 Å². The number of hydrogen-bond acceptors (Lipinski definition) is 3. The van der Waals surface area contributed by atoms with Gasteiger partial charge in [-0.2, -0.15) is 0 Å². The van der Waals surface area contributed by atoms with E-state index >= 15 is 0 Å². The third-order valence-electron chi connectivity index (χ3n) is 2.92. The van der Waals surface area contributed by atoms with Gasteiger partial charge >= 0.3 is 5.97 Å². The van der Waals surface area contributed by atoms with E-state index in [4.69, 9.17) is 4.74 Å². The van der Waals surface area contributed by atoms with Gasteiger partial charge in [0, 0.05) is 6.54 Å². The Morgan fingerprint density at radius 1 is 1.43 bits per heavy atom. The fourth-order valence-electron chi connectivity index (χ4n) is 1.76. The Balaban J connectivity index is 2.50. The Morgan fingerprint density at radius 2 is 2.14 bits per heavy atom. The molecule has 0 aliphatic rings. The molecule has 0 radical (unpaired) electrons. The minimum atomic E-state index is -0.868. The summed E-state index contributed by atoms with van der Waals surface area (Å²) in [6, 6.07) is 6.06. The smallest absolute Gasteiger partial charge is 0.309 e. The fourth-order valence-corrected chi connectivity index (χ4v) is 1.76. The molecule has 1 N–H and O–H groups in total. The highest BCUT2D eigenvalue weighted by atomic mass is 19.1. The molecule has 0 aliphatic carbocycles. The van der Waals surface area contributed by atoms with Crippen LogP contribution in [0.3, 0.4) is 0 Å². The van der Waals surface area contributed by atoms with Gasteiger partial charge in [-0.15, -0.1) is 6.58 Å². The SMILES string of the molecule is C=CCNC(=O)C(C)OC(=O)C(C)Cc1cccc(F)c1. The molecule has 4 nitrogen and oxygen atoms in total. The summed E-state index contributed by atoms with van der Waals surface area (Å²) >= 11 is 0. The summed E-state index contributed by atoms with van der Waals surface area (Å²) in [5.74, 6) is -1.66. The maximum absolute atomic E-state index is 13.1. The maximum Gasteiger partial charge on any atom is 0.309 e. The number of amides is 1. The average molecular weight is 293 g/mol. The van der Waals surface area contributed by atoms with Crippen molar-refractivity contribution in [3.05, 3.63) is 48.3 Å². The minimum Gasteiger partial charge on any atom is -0.452 e. The molecule has 2 unspecified atom stereocenters. The van der Waals surface area contributed by atoms with Crippen LogP contribution in [0.4, 0.5) is 4.39 Å². The molecule has 0 spiro atoms. The molecular weight excluding hydrogens is 273 g/mol. The van der Waals surface area contributed by atoms with Crippen molar-refractivity contribution in [1.82, 2.24) is 5.32 Å². The Morgan fingerprint density at radius 3 is 2.76 bits per heavy atom. The monoisotopic (exact) mass is 293 g/mol. The van der Waals surface area contributed by atoms with E-state index in [9.17, 15) is 14.0 Å². The molecule has 5 heteroatoms. The van der Waals surface area contributed by atoms with Crippen LogP contribution < -0.4 is 5.32 Å². The molecule has 0 saturated heterocycles. The lowest BCUT2D eigenvalue weighted by molar-refractivity contribution is -0.158. The van der Waals surface area contributed by atoms with Crippen molar-refractivity contribution >= 4 is 11.9 Å². The van der Waals surface area contributed by atoms with E-state index in [1.165, 1.54) is 19.1 Å². The fraction of sp³-hybridized carbons (Fsp3) is 0.375. The largest absolute Gasteiger partial charge is 0.452 e. The van der Waals surface area contributed by atoms with E-state index in [1.54, 1.807) is 25.1 Å². The van der Waals surface area contributed by atoms with Gasteiger partial charge < -0.3 is 10.1 Å². The molecular formula is C16H20FNO3. The van der Waals surface area contributed by atoms with Gasteiger partial charge in [0.2, 0.25) is 0 Å². The van der Waals surface area contributed by atoms with E-state index in [1.807, 2.05) is 0 Å². The molecule has 0 saturated carbocycles. The Bertz CT molecular complexity index is 516. The molecule has 1 amide bonds. The van der Waals surface area contributed by atoms with Crippen LogP contribution in [0, 0.1) is 11.7 Å². The maximum atomic E-state index is 13.1. The molecule has 0 fully saturated rings. The molecule has 21 heavy (non-hydrogen) atoms. The predicted molar refractivity (Wildman–Crippen MR) is 78.0 cm³/mol. The number of carbonyl (C=O) groups excluding carboxylic acids is 2. The van der Waals surface area contributed by atoms with Gasteiger partial charge in [-0.25, -0.2) is 4.39 Å². The zero-order valence-electron chi connectivity index (χ0n) is 12.3. The first-order chi connectivity index (χ1) is 9.93. The van der Waals surface area contributed by atoms with E-state index in [2.05, 4.69) is 11.9 Å². The zero-order valence-corrected chi connectivity index (χ0v) is 12.3. The lowest BCUT2D eigenvalue weighted by atomic mass is 10.0. The lowest BCUT2D eigenvalue weighted by Crippen LogP contribution is -2.37. The summed E-state index contributed by atoms with van der Waals surface area (Å²) in [5, 5.41) is 2.55. The molecule has 0 aromatic heterocycles. The number of hydrogen-bond donors (Lipinski definition) is 1. The molecule has 2 atom stereocenters. The van der Waals surface area contributed by atoms with Crippen molar-refractivity contribution < 1.29 is 18.7 Å². The van der Waals surface area contributed by atoms with Gasteiger partial charge in [0.1, 0.15) is 5.82 Å². The zero-order chi connectivity index (χ0) is 15.8. The molecule has 1 aromatic carbocycles. The summed E-state index contributed by atoms with van der Waals surface area (Å²) in [6.07, 6.45) is 1.03. The van der Waals surface area contributed by atoms with Gasteiger partial charge in [-0.05, 0) is 31.0 Å². The van der Waals surface area contributed by atoms with Crippen LogP contribution in [-0.2, 0) is 20.7 Å². The predicted octanol–water partition coefficient (Wildman–Crippen LogP) is 2.24. The summed E-state index contributed by atoms with van der Waals surface area (Å²) in [4.78, 5) is 23.5. The standard InChI is InChI=1S/C16H20FNO3/c1-4-8-18-15(19)12(3)21-16(20)11(2)9-13-6-5-7-14(17)10-13/h4-7,10-12H,1,8-9H2,2-3H3,(H,18,19). The van der Waals surface area contributed by atoms with Crippen LogP contribution in [0.25, 0.3) is 0 Å². The first-order valence-electron chi connectivity index (χ1n) is 6.77. The van der Waals surface area contributed by atoms with Crippen LogP contribution in [0.5, 0.6) is 0 Å². The summed E-state index contributed by atoms with van der Waals surface area (Å²) < 4.78 is 18.2. The normalized spacial score (nSPS) is 13.1. The number of halogens is 1. The highest BCUT2D eigenvalue weighted by Crippen LogP contribution is 2.12. The van der Waals surface area contributed by atoms with Crippen molar-refractivity contribution in [3.63, 3.8) is 0 Å². The highest BCUT2D eigenvalue weighted by Gasteiger charge is 2.21. The van der Waals surface area contributed by atoms with Crippen LogP contribution >= 0.6 is 0 Å². The Hall–Kier alpha value is -2.17. The Labute approximate surface area is 124 Å². The number of rotatable bonds is 7. The highest BCUT2D eigenvalue weighted by molar-refractivity contribution is 5.84. The third-order valence-corrected chi connectivity index (χ3v) is 2.92. The molecule has 0 heterocycles. The van der Waals surface area contributed by atoms with Gasteiger partial charge in [-0.3, -0.25) is 9.59 Å². The Kier molecular flexibility index (Phi) is 6.59. The average Bonchev–Trinajstić information content (AvgIpc) is 2.44. The van der Waals surface area contributed by atoms with E-state index in [-0.39, 0.29) is 11.7 Å². The lowest BCUT2D eigenvalue weighted by Gasteiger charge is -2.16. The number of nitrogens with one attached hydrogen (secondary N) is 1. The second-order valence-electron chi connectivity index (χ2n) is 4.85. The summed E-state index contributed by atoms with van der Waals surface area (Å²) in [6.45, 7) is 6.99. The number of ether oxygens (including phenoxy) is 1. The van der Waals surface area contributed by atoms with E-state index in [0.717, 1.165) is 0 Å². The third kappa shape index (κ3) is 5.77. The summed E-state index contributed by atoms with van der Waals surface area (Å²) in [5.41, 5.74) is 0.711. The number of carbonyl (C=O) groups is 2. The van der Waals surface area contributed by atoms with E-state index in [0.29, 0.717) is 18.5 Å². The van der Waals surface area contributed by atoms with Crippen molar-refractivity contribution in [2.24, 2.45) is 5.92 Å². The van der Waals surface area contributed by atoms with Crippen LogP contribution in [-0.4, -0.2) is 24.5 Å². The molecule has 1 aromatic rings. The molecule has 1 rings (SSSR count). The van der Waals surface area contributed by atoms with Gasteiger partial charge in [-0.1, -0.05) is 25.1 Å². The molecule has 114 valence electrons. The minimum absolute atomic E-state index is 0.319. The summed E-state index contributed by atoms with van der Waals surface area (Å²) in [7, 11) is 0. The first-order valence-corrected chi connectivity index (χ1v) is 6.77. The first kappa shape index (κ1) is 16.9. The second-order valence-corrected chi connectivity index (χ2v) is 4.85. The van der Waals surface area contributed by atoms with Crippen molar-refractivity contribution in [2.75, 3.05) is 6.54 Å². The molecule has 0 aliphatic heterocycles. The number of esters is 1. The molecule has 0 bridgehead atoms. The van der Waals surface area contributed by atoms with Gasteiger partial charge in [0.15, 0.2) is 6.10 Å².